The number of hydrogen-bond acceptors (Lipinski definition) is 1. The molecule has 0 spiro atoms. The molecular weight excluding hydrogens is 136 g/mol. The minimum atomic E-state index is -0.129. The third-order valence-corrected chi connectivity index (χ3v) is 2.58. The van der Waals surface area contributed by atoms with E-state index in [1.165, 1.54) is 6.42 Å². The summed E-state index contributed by atoms with van der Waals surface area (Å²) in [6.07, 6.45) is 7.41. The lowest BCUT2D eigenvalue weighted by Crippen LogP contribution is -2.20. The standard InChI is InChI=1S/C10H19O/c1-4-7-8-10(5-2,6-3)9-11/h4-8H2,1-3H3. The van der Waals surface area contributed by atoms with Gasteiger partial charge in [-0.15, -0.1) is 0 Å². The molecule has 0 aromatic carbocycles. The highest BCUT2D eigenvalue weighted by atomic mass is 16.1. The van der Waals surface area contributed by atoms with Crippen molar-refractivity contribution in [1.82, 2.24) is 0 Å². The highest BCUT2D eigenvalue weighted by molar-refractivity contribution is 5.59. The molecule has 0 aliphatic heterocycles. The summed E-state index contributed by atoms with van der Waals surface area (Å²) in [6.45, 7) is 6.30. The van der Waals surface area contributed by atoms with Gasteiger partial charge in [0.25, 0.3) is 0 Å². The van der Waals surface area contributed by atoms with Crippen LogP contribution in [-0.2, 0) is 4.79 Å². The first kappa shape index (κ1) is 10.7. The van der Waals surface area contributed by atoms with Crippen LogP contribution in [0.2, 0.25) is 0 Å². The van der Waals surface area contributed by atoms with E-state index >= 15 is 0 Å². The number of rotatable bonds is 6. The molecule has 65 valence electrons. The van der Waals surface area contributed by atoms with Crippen LogP contribution in [-0.4, -0.2) is 6.29 Å². The van der Waals surface area contributed by atoms with Crippen molar-refractivity contribution in [2.24, 2.45) is 5.41 Å². The van der Waals surface area contributed by atoms with Gasteiger partial charge in [-0.3, -0.25) is 4.79 Å². The first-order valence-corrected chi connectivity index (χ1v) is 4.64. The van der Waals surface area contributed by atoms with Gasteiger partial charge in [0.05, 0.1) is 0 Å². The van der Waals surface area contributed by atoms with Gasteiger partial charge < -0.3 is 0 Å². The molecule has 0 fully saturated rings. The smallest absolute Gasteiger partial charge is 0.205 e. The van der Waals surface area contributed by atoms with Gasteiger partial charge >= 0.3 is 0 Å². The molecule has 0 bridgehead atoms. The Kier molecular flexibility index (Phi) is 5.18. The lowest BCUT2D eigenvalue weighted by molar-refractivity contribution is 0.325. The molecule has 0 aliphatic carbocycles. The van der Waals surface area contributed by atoms with E-state index in [0.717, 1.165) is 25.7 Å². The quantitative estimate of drug-likeness (QED) is 0.576. The maximum Gasteiger partial charge on any atom is 0.205 e. The summed E-state index contributed by atoms with van der Waals surface area (Å²) >= 11 is 0. The minimum absolute atomic E-state index is 0.129. The van der Waals surface area contributed by atoms with E-state index in [1.54, 1.807) is 0 Å². The molecule has 1 heteroatoms. The van der Waals surface area contributed by atoms with E-state index in [0.29, 0.717) is 0 Å². The summed E-state index contributed by atoms with van der Waals surface area (Å²) in [6, 6.07) is 0. The maximum atomic E-state index is 10.7. The normalized spacial score (nSPS) is 11.5. The molecule has 0 heterocycles. The predicted molar refractivity (Wildman–Crippen MR) is 48.2 cm³/mol. The van der Waals surface area contributed by atoms with Crippen LogP contribution in [0.25, 0.3) is 0 Å². The first-order chi connectivity index (χ1) is 5.24. The van der Waals surface area contributed by atoms with Crippen molar-refractivity contribution in [1.29, 1.82) is 0 Å². The second kappa shape index (κ2) is 5.34. The van der Waals surface area contributed by atoms with Crippen molar-refractivity contribution in [3.63, 3.8) is 0 Å². The minimum Gasteiger partial charge on any atom is -0.290 e. The van der Waals surface area contributed by atoms with Crippen molar-refractivity contribution in [2.75, 3.05) is 0 Å². The molecule has 0 aromatic rings. The molecule has 0 saturated heterocycles. The fourth-order valence-electron chi connectivity index (χ4n) is 1.31. The van der Waals surface area contributed by atoms with E-state index in [-0.39, 0.29) is 5.41 Å². The van der Waals surface area contributed by atoms with E-state index < -0.39 is 0 Å². The molecule has 11 heavy (non-hydrogen) atoms. The Labute approximate surface area is 70.2 Å². The molecule has 1 radical (unpaired) electrons. The summed E-state index contributed by atoms with van der Waals surface area (Å²) in [5.74, 6) is 0. The largest absolute Gasteiger partial charge is 0.290 e. The number of unbranched alkanes of at least 4 members (excludes halogenated alkanes) is 1. The zero-order chi connectivity index (χ0) is 8.74. The van der Waals surface area contributed by atoms with Crippen LogP contribution in [0.1, 0.15) is 52.9 Å². The van der Waals surface area contributed by atoms with Crippen molar-refractivity contribution < 1.29 is 4.79 Å². The van der Waals surface area contributed by atoms with E-state index in [1.807, 2.05) is 0 Å². The summed E-state index contributed by atoms with van der Waals surface area (Å²) in [5, 5.41) is 0. The van der Waals surface area contributed by atoms with E-state index in [4.69, 9.17) is 0 Å². The van der Waals surface area contributed by atoms with Crippen molar-refractivity contribution in [3.8, 4) is 0 Å². The molecule has 0 aliphatic rings. The fraction of sp³-hybridized carbons (Fsp3) is 0.900. The molecule has 0 amide bonds. The zero-order valence-electron chi connectivity index (χ0n) is 7.94. The van der Waals surface area contributed by atoms with Crippen LogP contribution in [0, 0.1) is 5.41 Å². The Morgan fingerprint density at radius 3 is 2.00 bits per heavy atom. The van der Waals surface area contributed by atoms with Gasteiger partial charge in [-0.25, -0.2) is 0 Å². The molecule has 0 aromatic heterocycles. The van der Waals surface area contributed by atoms with Crippen LogP contribution >= 0.6 is 0 Å². The van der Waals surface area contributed by atoms with Gasteiger partial charge in [0, 0.05) is 5.41 Å². The molecule has 0 atom stereocenters. The average Bonchev–Trinajstić information content (AvgIpc) is 2.08. The molecular formula is C10H19O. The summed E-state index contributed by atoms with van der Waals surface area (Å²) in [4.78, 5) is 10.7. The molecule has 1 nitrogen and oxygen atoms in total. The van der Waals surface area contributed by atoms with Gasteiger partial charge in [0.1, 0.15) is 0 Å². The Balaban J connectivity index is 3.94. The monoisotopic (exact) mass is 155 g/mol. The average molecular weight is 155 g/mol. The molecule has 0 N–H and O–H groups in total. The Morgan fingerprint density at radius 2 is 1.73 bits per heavy atom. The van der Waals surface area contributed by atoms with E-state index in [2.05, 4.69) is 27.1 Å². The third-order valence-electron chi connectivity index (χ3n) is 2.58. The van der Waals surface area contributed by atoms with Gasteiger partial charge in [-0.1, -0.05) is 33.6 Å². The highest BCUT2D eigenvalue weighted by Gasteiger charge is 2.25. The summed E-state index contributed by atoms with van der Waals surface area (Å²) in [7, 11) is 0. The van der Waals surface area contributed by atoms with Crippen LogP contribution in [0.3, 0.4) is 0 Å². The molecule has 0 unspecified atom stereocenters. The first-order valence-electron chi connectivity index (χ1n) is 4.64. The number of hydrogen-bond donors (Lipinski definition) is 0. The Bertz CT molecular complexity index is 103. The lowest BCUT2D eigenvalue weighted by atomic mass is 9.79. The van der Waals surface area contributed by atoms with Crippen LogP contribution in [0.5, 0.6) is 0 Å². The van der Waals surface area contributed by atoms with Crippen LogP contribution in [0.4, 0.5) is 0 Å². The maximum absolute atomic E-state index is 10.7. The zero-order valence-corrected chi connectivity index (χ0v) is 7.94. The molecule has 0 rings (SSSR count). The third kappa shape index (κ3) is 3.04. The number of carbonyl (C=O) groups excluding carboxylic acids is 1. The Morgan fingerprint density at radius 1 is 1.18 bits per heavy atom. The topological polar surface area (TPSA) is 17.1 Å². The predicted octanol–water partition coefficient (Wildman–Crippen LogP) is 3.09. The van der Waals surface area contributed by atoms with Gasteiger partial charge in [0.2, 0.25) is 6.29 Å². The second-order valence-electron chi connectivity index (χ2n) is 3.19. The lowest BCUT2D eigenvalue weighted by Gasteiger charge is -2.23. The Hall–Kier alpha value is -0.330. The fourth-order valence-corrected chi connectivity index (χ4v) is 1.31. The second-order valence-corrected chi connectivity index (χ2v) is 3.19. The summed E-state index contributed by atoms with van der Waals surface area (Å²) < 4.78 is 0. The van der Waals surface area contributed by atoms with Crippen molar-refractivity contribution in [2.45, 2.75) is 52.9 Å². The highest BCUT2D eigenvalue weighted by Crippen LogP contribution is 2.29. The van der Waals surface area contributed by atoms with Crippen molar-refractivity contribution in [3.05, 3.63) is 0 Å². The van der Waals surface area contributed by atoms with Crippen LogP contribution < -0.4 is 0 Å². The van der Waals surface area contributed by atoms with Gasteiger partial charge in [-0.2, -0.15) is 0 Å². The van der Waals surface area contributed by atoms with Crippen LogP contribution in [0.15, 0.2) is 0 Å². The van der Waals surface area contributed by atoms with Crippen molar-refractivity contribution >= 4 is 6.29 Å². The summed E-state index contributed by atoms with van der Waals surface area (Å²) in [5.41, 5.74) is -0.129. The molecule has 0 saturated carbocycles. The SMILES string of the molecule is CCCCC([C]=O)(CC)CC. The van der Waals surface area contributed by atoms with Gasteiger partial charge in [-0.05, 0) is 19.3 Å². The van der Waals surface area contributed by atoms with Gasteiger partial charge in [0.15, 0.2) is 0 Å². The van der Waals surface area contributed by atoms with E-state index in [9.17, 15) is 4.79 Å².